The van der Waals surface area contributed by atoms with Crippen LogP contribution in [0.25, 0.3) is 0 Å². The van der Waals surface area contributed by atoms with Gasteiger partial charge in [-0.1, -0.05) is 18.2 Å². The van der Waals surface area contributed by atoms with Gasteiger partial charge in [-0.3, -0.25) is 9.79 Å². The van der Waals surface area contributed by atoms with Crippen molar-refractivity contribution >= 4 is 11.6 Å². The van der Waals surface area contributed by atoms with Gasteiger partial charge in [0.2, 0.25) is 0 Å². The standard InChI is InChI=1S/C17H15F3N2O2/c1-10-16(23)22(2)15-9-12(5-8-14(15)21-10)11-3-6-13(7-4-11)24-17(18,19)20/h3-10,12H,1-2H3. The maximum absolute atomic E-state index is 12.2. The molecule has 0 aromatic heterocycles. The van der Waals surface area contributed by atoms with E-state index in [-0.39, 0.29) is 17.6 Å². The Kier molecular flexibility index (Phi) is 3.95. The predicted molar refractivity (Wildman–Crippen MR) is 82.8 cm³/mol. The van der Waals surface area contributed by atoms with Gasteiger partial charge in [-0.05, 0) is 36.8 Å². The van der Waals surface area contributed by atoms with Crippen molar-refractivity contribution in [1.82, 2.24) is 4.90 Å². The van der Waals surface area contributed by atoms with E-state index in [4.69, 9.17) is 0 Å². The summed E-state index contributed by atoms with van der Waals surface area (Å²) in [7, 11) is 1.69. The maximum atomic E-state index is 12.2. The fraction of sp³-hybridized carbons (Fsp3) is 0.294. The zero-order valence-corrected chi connectivity index (χ0v) is 13.0. The Morgan fingerprint density at radius 3 is 2.50 bits per heavy atom. The molecule has 0 N–H and O–H groups in total. The van der Waals surface area contributed by atoms with Gasteiger partial charge >= 0.3 is 6.36 Å². The van der Waals surface area contributed by atoms with Crippen LogP contribution in [0.3, 0.4) is 0 Å². The van der Waals surface area contributed by atoms with Gasteiger partial charge in [0.1, 0.15) is 11.8 Å². The van der Waals surface area contributed by atoms with E-state index < -0.39 is 12.4 Å². The number of halogens is 3. The maximum Gasteiger partial charge on any atom is 0.573 e. The van der Waals surface area contributed by atoms with E-state index in [0.29, 0.717) is 5.70 Å². The van der Waals surface area contributed by atoms with E-state index >= 15 is 0 Å². The average Bonchev–Trinajstić information content (AvgIpc) is 2.52. The quantitative estimate of drug-likeness (QED) is 0.830. The number of nitrogens with zero attached hydrogens (tertiary/aromatic N) is 2. The number of hydrogen-bond donors (Lipinski definition) is 0. The zero-order chi connectivity index (χ0) is 17.5. The number of alkyl halides is 3. The van der Waals surface area contributed by atoms with Gasteiger partial charge in [0.15, 0.2) is 0 Å². The second kappa shape index (κ2) is 5.81. The molecule has 126 valence electrons. The number of ether oxygens (including phenoxy) is 1. The summed E-state index contributed by atoms with van der Waals surface area (Å²) in [4.78, 5) is 17.9. The molecule has 1 aromatic carbocycles. The average molecular weight is 336 g/mol. The van der Waals surface area contributed by atoms with Crippen molar-refractivity contribution in [2.24, 2.45) is 4.99 Å². The highest BCUT2D eigenvalue weighted by Crippen LogP contribution is 2.30. The molecule has 1 aromatic rings. The number of benzene rings is 1. The molecular weight excluding hydrogens is 321 g/mol. The molecule has 1 heterocycles. The van der Waals surface area contributed by atoms with Gasteiger partial charge < -0.3 is 9.64 Å². The first-order chi connectivity index (χ1) is 11.2. The van der Waals surface area contributed by atoms with E-state index in [1.807, 2.05) is 18.2 Å². The topological polar surface area (TPSA) is 41.9 Å². The van der Waals surface area contributed by atoms with Crippen molar-refractivity contribution in [3.8, 4) is 5.75 Å². The molecule has 0 fully saturated rings. The lowest BCUT2D eigenvalue weighted by atomic mass is 9.91. The van der Waals surface area contributed by atoms with E-state index in [2.05, 4.69) is 9.73 Å². The fourth-order valence-electron chi connectivity index (χ4n) is 2.75. The van der Waals surface area contributed by atoms with E-state index in [0.717, 1.165) is 11.3 Å². The van der Waals surface area contributed by atoms with Crippen molar-refractivity contribution in [3.05, 3.63) is 53.8 Å². The van der Waals surface area contributed by atoms with Gasteiger partial charge in [-0.25, -0.2) is 0 Å². The van der Waals surface area contributed by atoms with Crippen LogP contribution in [-0.4, -0.2) is 36.0 Å². The summed E-state index contributed by atoms with van der Waals surface area (Å²) in [5.74, 6) is -0.504. The van der Waals surface area contributed by atoms with Crippen LogP contribution in [0.15, 0.2) is 53.2 Å². The lowest BCUT2D eigenvalue weighted by molar-refractivity contribution is -0.274. The highest BCUT2D eigenvalue weighted by molar-refractivity contribution is 6.14. The minimum atomic E-state index is -4.71. The Hall–Kier alpha value is -2.57. The SMILES string of the molecule is CC1N=C2C=CC(c3ccc(OC(F)(F)F)cc3)C=C2N(C)C1=O. The molecule has 0 radical (unpaired) electrons. The molecule has 2 unspecified atom stereocenters. The van der Waals surface area contributed by atoms with E-state index in [9.17, 15) is 18.0 Å². The Morgan fingerprint density at radius 1 is 1.21 bits per heavy atom. The summed E-state index contributed by atoms with van der Waals surface area (Å²) < 4.78 is 40.5. The third kappa shape index (κ3) is 3.20. The van der Waals surface area contributed by atoms with E-state index in [1.165, 1.54) is 12.1 Å². The van der Waals surface area contributed by atoms with Crippen molar-refractivity contribution in [3.63, 3.8) is 0 Å². The highest BCUT2D eigenvalue weighted by atomic mass is 19.4. The van der Waals surface area contributed by atoms with Crippen LogP contribution < -0.4 is 4.74 Å². The molecule has 1 aliphatic heterocycles. The summed E-state index contributed by atoms with van der Waals surface area (Å²) in [5, 5.41) is 0. The third-order valence-electron chi connectivity index (χ3n) is 3.94. The van der Waals surface area contributed by atoms with Gasteiger partial charge in [0, 0.05) is 13.0 Å². The Bertz CT molecular complexity index is 748. The predicted octanol–water partition coefficient (Wildman–Crippen LogP) is 3.42. The fourth-order valence-corrected chi connectivity index (χ4v) is 2.75. The van der Waals surface area contributed by atoms with Crippen molar-refractivity contribution in [2.75, 3.05) is 7.05 Å². The van der Waals surface area contributed by atoms with Crippen molar-refractivity contribution < 1.29 is 22.7 Å². The molecule has 1 aliphatic carbocycles. The molecule has 0 bridgehead atoms. The number of fused-ring (bicyclic) bond motifs is 1. The lowest BCUT2D eigenvalue weighted by Crippen LogP contribution is -2.41. The normalized spacial score (nSPS) is 23.5. The Labute approximate surface area is 136 Å². The van der Waals surface area contributed by atoms with Gasteiger partial charge in [0.05, 0.1) is 11.4 Å². The largest absolute Gasteiger partial charge is 0.573 e. The van der Waals surface area contributed by atoms with Crippen LogP contribution in [0.4, 0.5) is 13.2 Å². The summed E-state index contributed by atoms with van der Waals surface area (Å²) in [6.07, 6.45) is 0.904. The first kappa shape index (κ1) is 16.3. The third-order valence-corrected chi connectivity index (χ3v) is 3.94. The number of carbonyl (C=O) groups is 1. The molecule has 3 rings (SSSR count). The number of hydrogen-bond acceptors (Lipinski definition) is 3. The lowest BCUT2D eigenvalue weighted by Gasteiger charge is -2.31. The van der Waals surface area contributed by atoms with Crippen LogP contribution >= 0.6 is 0 Å². The second-order valence-electron chi connectivity index (χ2n) is 5.64. The summed E-state index contributed by atoms with van der Waals surface area (Å²) in [6, 6.07) is 5.28. The highest BCUT2D eigenvalue weighted by Gasteiger charge is 2.32. The van der Waals surface area contributed by atoms with E-state index in [1.54, 1.807) is 31.0 Å². The van der Waals surface area contributed by atoms with Crippen LogP contribution in [0.5, 0.6) is 5.75 Å². The Morgan fingerprint density at radius 2 is 1.88 bits per heavy atom. The molecule has 2 aliphatic rings. The van der Waals surface area contributed by atoms with Gasteiger partial charge in [-0.2, -0.15) is 0 Å². The molecular formula is C17H15F3N2O2. The smallest absolute Gasteiger partial charge is 0.406 e. The van der Waals surface area contributed by atoms with Crippen LogP contribution in [0.2, 0.25) is 0 Å². The minimum Gasteiger partial charge on any atom is -0.406 e. The molecule has 0 saturated heterocycles. The van der Waals surface area contributed by atoms with Crippen LogP contribution in [0.1, 0.15) is 18.4 Å². The summed E-state index contributed by atoms with van der Waals surface area (Å²) in [5.41, 5.74) is 2.24. The number of aliphatic imine (C=N–C) groups is 1. The molecule has 2 atom stereocenters. The van der Waals surface area contributed by atoms with Crippen LogP contribution in [-0.2, 0) is 4.79 Å². The number of allylic oxidation sites excluding steroid dienone is 3. The molecule has 24 heavy (non-hydrogen) atoms. The molecule has 0 spiro atoms. The first-order valence-electron chi connectivity index (χ1n) is 7.36. The number of likely N-dealkylation sites (N-methyl/N-ethyl adjacent to an activating group) is 1. The van der Waals surface area contributed by atoms with Crippen molar-refractivity contribution in [2.45, 2.75) is 25.2 Å². The summed E-state index contributed by atoms with van der Waals surface area (Å²) >= 11 is 0. The summed E-state index contributed by atoms with van der Waals surface area (Å²) in [6.45, 7) is 1.74. The number of rotatable bonds is 2. The monoisotopic (exact) mass is 336 g/mol. The molecule has 1 amide bonds. The zero-order valence-electron chi connectivity index (χ0n) is 13.0. The van der Waals surface area contributed by atoms with Crippen molar-refractivity contribution in [1.29, 1.82) is 0 Å². The second-order valence-corrected chi connectivity index (χ2v) is 5.64. The molecule has 4 nitrogen and oxygen atoms in total. The number of amides is 1. The molecule has 0 saturated carbocycles. The molecule has 7 heteroatoms. The first-order valence-corrected chi connectivity index (χ1v) is 7.36. The van der Waals surface area contributed by atoms with Crippen LogP contribution in [0, 0.1) is 0 Å². The Balaban J connectivity index is 1.84. The number of carbonyl (C=O) groups excluding carboxylic acids is 1. The van der Waals surface area contributed by atoms with Gasteiger partial charge in [0.25, 0.3) is 5.91 Å². The van der Waals surface area contributed by atoms with Gasteiger partial charge in [-0.15, -0.1) is 13.2 Å². The minimum absolute atomic E-state index is 0.0898.